The maximum atomic E-state index is 12.7. The molecular formula is C22H19NO2S. The lowest BCUT2D eigenvalue weighted by molar-refractivity contribution is 0.0956. The van der Waals surface area contributed by atoms with Gasteiger partial charge in [-0.15, -0.1) is 0 Å². The van der Waals surface area contributed by atoms with Gasteiger partial charge in [-0.05, 0) is 42.8 Å². The first-order valence-electron chi connectivity index (χ1n) is 8.44. The topological polar surface area (TPSA) is 38.3 Å². The number of nitrogens with one attached hydrogen (secondary N) is 1. The Labute approximate surface area is 157 Å². The van der Waals surface area contributed by atoms with E-state index in [4.69, 9.17) is 4.74 Å². The lowest BCUT2D eigenvalue weighted by atomic mass is 9.97. The maximum absolute atomic E-state index is 12.7. The van der Waals surface area contributed by atoms with E-state index in [2.05, 4.69) is 36.5 Å². The number of carbonyl (C=O) groups excluding carboxylic acids is 1. The summed E-state index contributed by atoms with van der Waals surface area (Å²) in [5.41, 5.74) is 3.97. The van der Waals surface area contributed by atoms with E-state index in [0.717, 1.165) is 27.3 Å². The molecule has 0 saturated carbocycles. The summed E-state index contributed by atoms with van der Waals surface area (Å²) in [6.07, 6.45) is 0. The Morgan fingerprint density at radius 3 is 2.31 bits per heavy atom. The Kier molecular flexibility index (Phi) is 4.21. The largest absolute Gasteiger partial charge is 0.497 e. The molecule has 0 bridgehead atoms. The standard InChI is InChI=1S/C22H19NO2S/c1-15-7-9-16(10-8-15)22(26-18-13-11-17(25-2)12-14-18)20-6-4-3-5-19(20)21(24)23-22/h3-14H,1-2H3,(H,23,24)/t22-/m1/s1. The molecule has 3 nitrogen and oxygen atoms in total. The number of hydrogen-bond donors (Lipinski definition) is 1. The van der Waals surface area contributed by atoms with E-state index in [9.17, 15) is 4.79 Å². The average Bonchev–Trinajstić information content (AvgIpc) is 2.96. The van der Waals surface area contributed by atoms with Crippen LogP contribution in [0.25, 0.3) is 0 Å². The number of carbonyl (C=O) groups is 1. The van der Waals surface area contributed by atoms with Gasteiger partial charge < -0.3 is 10.1 Å². The van der Waals surface area contributed by atoms with Crippen LogP contribution >= 0.6 is 11.8 Å². The minimum atomic E-state index is -0.643. The van der Waals surface area contributed by atoms with Gasteiger partial charge in [0.2, 0.25) is 0 Å². The summed E-state index contributed by atoms with van der Waals surface area (Å²) in [6, 6.07) is 24.1. The molecule has 0 radical (unpaired) electrons. The van der Waals surface area contributed by atoms with E-state index in [0.29, 0.717) is 0 Å². The maximum Gasteiger partial charge on any atom is 0.253 e. The molecule has 26 heavy (non-hydrogen) atoms. The first kappa shape index (κ1) is 16.7. The highest BCUT2D eigenvalue weighted by molar-refractivity contribution is 8.00. The minimum Gasteiger partial charge on any atom is -0.497 e. The molecule has 0 spiro atoms. The van der Waals surface area contributed by atoms with Gasteiger partial charge in [-0.1, -0.05) is 59.8 Å². The first-order chi connectivity index (χ1) is 12.6. The smallest absolute Gasteiger partial charge is 0.253 e. The Bertz CT molecular complexity index is 951. The molecule has 0 aromatic heterocycles. The molecule has 1 aliphatic rings. The monoisotopic (exact) mass is 361 g/mol. The summed E-state index contributed by atoms with van der Waals surface area (Å²) in [5, 5.41) is 3.24. The SMILES string of the molecule is COc1ccc(S[C@@]2(c3ccc(C)cc3)NC(=O)c3ccccc32)cc1. The van der Waals surface area contributed by atoms with E-state index in [-0.39, 0.29) is 5.91 Å². The van der Waals surface area contributed by atoms with Crippen molar-refractivity contribution < 1.29 is 9.53 Å². The second-order valence-electron chi connectivity index (χ2n) is 6.32. The molecule has 130 valence electrons. The van der Waals surface area contributed by atoms with Crippen molar-refractivity contribution in [2.45, 2.75) is 16.7 Å². The van der Waals surface area contributed by atoms with Crippen LogP contribution in [0.5, 0.6) is 5.75 Å². The lowest BCUT2D eigenvalue weighted by Gasteiger charge is -2.30. The molecule has 1 aliphatic heterocycles. The molecule has 1 amide bonds. The summed E-state index contributed by atoms with van der Waals surface area (Å²) < 4.78 is 5.26. The predicted octanol–water partition coefficient (Wildman–Crippen LogP) is 4.74. The van der Waals surface area contributed by atoms with Gasteiger partial charge in [0, 0.05) is 16.0 Å². The van der Waals surface area contributed by atoms with Crippen LogP contribution in [0, 0.1) is 6.92 Å². The number of benzene rings is 3. The molecule has 3 aromatic carbocycles. The van der Waals surface area contributed by atoms with Crippen molar-refractivity contribution in [2.75, 3.05) is 7.11 Å². The first-order valence-corrected chi connectivity index (χ1v) is 9.26. The molecule has 1 N–H and O–H groups in total. The number of thioether (sulfide) groups is 1. The van der Waals surface area contributed by atoms with Gasteiger partial charge in [0.05, 0.1) is 7.11 Å². The van der Waals surface area contributed by atoms with E-state index in [1.807, 2.05) is 48.5 Å². The lowest BCUT2D eigenvalue weighted by Crippen LogP contribution is -2.37. The van der Waals surface area contributed by atoms with Crippen molar-refractivity contribution >= 4 is 17.7 Å². The van der Waals surface area contributed by atoms with E-state index < -0.39 is 4.87 Å². The summed E-state index contributed by atoms with van der Waals surface area (Å²) in [7, 11) is 1.66. The van der Waals surface area contributed by atoms with Crippen molar-refractivity contribution in [3.63, 3.8) is 0 Å². The van der Waals surface area contributed by atoms with Crippen molar-refractivity contribution in [1.29, 1.82) is 0 Å². The van der Waals surface area contributed by atoms with Gasteiger partial charge in [0.15, 0.2) is 0 Å². The summed E-state index contributed by atoms with van der Waals surface area (Å²) in [4.78, 5) is 13.1. The third-order valence-electron chi connectivity index (χ3n) is 4.63. The number of hydrogen-bond acceptors (Lipinski definition) is 3. The highest BCUT2D eigenvalue weighted by Crippen LogP contribution is 2.49. The van der Waals surface area contributed by atoms with Gasteiger partial charge in [-0.25, -0.2) is 0 Å². The van der Waals surface area contributed by atoms with Gasteiger partial charge in [-0.2, -0.15) is 0 Å². The molecule has 0 aliphatic carbocycles. The molecule has 0 fully saturated rings. The quantitative estimate of drug-likeness (QED) is 0.729. The van der Waals surface area contributed by atoms with Gasteiger partial charge in [-0.3, -0.25) is 4.79 Å². The van der Waals surface area contributed by atoms with Crippen LogP contribution in [0.3, 0.4) is 0 Å². The Morgan fingerprint density at radius 2 is 1.62 bits per heavy atom. The molecule has 4 rings (SSSR count). The Balaban J connectivity index is 1.85. The molecular weight excluding hydrogens is 342 g/mol. The minimum absolute atomic E-state index is 0.0396. The highest BCUT2D eigenvalue weighted by Gasteiger charge is 2.45. The van der Waals surface area contributed by atoms with Crippen LogP contribution in [0.15, 0.2) is 77.7 Å². The number of methoxy groups -OCH3 is 1. The summed E-state index contributed by atoms with van der Waals surface area (Å²) >= 11 is 1.64. The average molecular weight is 361 g/mol. The van der Waals surface area contributed by atoms with Gasteiger partial charge >= 0.3 is 0 Å². The fourth-order valence-corrected chi connectivity index (χ4v) is 4.57. The number of ether oxygens (including phenoxy) is 1. The second-order valence-corrected chi connectivity index (χ2v) is 7.61. The normalized spacial score (nSPS) is 18.3. The Morgan fingerprint density at radius 1 is 0.923 bits per heavy atom. The van der Waals surface area contributed by atoms with Crippen molar-refractivity contribution in [3.05, 3.63) is 95.1 Å². The number of aryl methyl sites for hydroxylation is 1. The third kappa shape index (κ3) is 2.76. The molecule has 0 unspecified atom stereocenters. The number of fused-ring (bicyclic) bond motifs is 1. The molecule has 1 heterocycles. The summed E-state index contributed by atoms with van der Waals surface area (Å²) in [6.45, 7) is 2.06. The zero-order chi connectivity index (χ0) is 18.1. The van der Waals surface area contributed by atoms with Crippen LogP contribution in [0.1, 0.15) is 27.0 Å². The van der Waals surface area contributed by atoms with Crippen LogP contribution in [0.4, 0.5) is 0 Å². The van der Waals surface area contributed by atoms with Crippen LogP contribution < -0.4 is 10.1 Å². The van der Waals surface area contributed by atoms with Crippen LogP contribution in [-0.2, 0) is 4.87 Å². The van der Waals surface area contributed by atoms with E-state index >= 15 is 0 Å². The third-order valence-corrected chi connectivity index (χ3v) is 6.00. The van der Waals surface area contributed by atoms with Gasteiger partial charge in [0.25, 0.3) is 5.91 Å². The number of rotatable bonds is 4. The van der Waals surface area contributed by atoms with Crippen molar-refractivity contribution in [1.82, 2.24) is 5.32 Å². The fraction of sp³-hybridized carbons (Fsp3) is 0.136. The zero-order valence-electron chi connectivity index (χ0n) is 14.7. The van der Waals surface area contributed by atoms with Crippen LogP contribution in [0.2, 0.25) is 0 Å². The van der Waals surface area contributed by atoms with E-state index in [1.165, 1.54) is 5.56 Å². The number of amides is 1. The predicted molar refractivity (Wildman–Crippen MR) is 105 cm³/mol. The fourth-order valence-electron chi connectivity index (χ4n) is 3.26. The highest BCUT2D eigenvalue weighted by atomic mass is 32.2. The van der Waals surface area contributed by atoms with Gasteiger partial charge in [0.1, 0.15) is 10.6 Å². The molecule has 3 aromatic rings. The van der Waals surface area contributed by atoms with Crippen LogP contribution in [-0.4, -0.2) is 13.0 Å². The van der Waals surface area contributed by atoms with E-state index in [1.54, 1.807) is 18.9 Å². The van der Waals surface area contributed by atoms with Crippen molar-refractivity contribution in [3.8, 4) is 5.75 Å². The van der Waals surface area contributed by atoms with Crippen molar-refractivity contribution in [2.24, 2.45) is 0 Å². The molecule has 1 atom stereocenters. The molecule has 0 saturated heterocycles. The second kappa shape index (κ2) is 6.54. The summed E-state index contributed by atoms with van der Waals surface area (Å²) in [5.74, 6) is 0.775. The molecule has 4 heteroatoms. The Hall–Kier alpha value is -2.72. The zero-order valence-corrected chi connectivity index (χ0v) is 15.5.